The van der Waals surface area contributed by atoms with Crippen LogP contribution in [0.2, 0.25) is 0 Å². The zero-order valence-corrected chi connectivity index (χ0v) is 5.65. The van der Waals surface area contributed by atoms with Gasteiger partial charge in [-0.25, -0.2) is 4.98 Å². The maximum absolute atomic E-state index is 11.1. The van der Waals surface area contributed by atoms with Gasteiger partial charge in [-0.1, -0.05) is 12.1 Å². The summed E-state index contributed by atoms with van der Waals surface area (Å²) in [4.78, 5) is 14.9. The van der Waals surface area contributed by atoms with E-state index in [1.807, 2.05) is 0 Å². The van der Waals surface area contributed by atoms with E-state index in [9.17, 15) is 4.79 Å². The van der Waals surface area contributed by atoms with Crippen molar-refractivity contribution in [2.75, 3.05) is 0 Å². The maximum atomic E-state index is 11.1. The van der Waals surface area contributed by atoms with E-state index in [2.05, 4.69) is 4.98 Å². The second kappa shape index (κ2) is 2.20. The van der Waals surface area contributed by atoms with Crippen LogP contribution in [-0.4, -0.2) is 4.98 Å². The molecule has 11 heavy (non-hydrogen) atoms. The molecule has 0 atom stereocenters. The molecule has 0 aliphatic rings. The van der Waals surface area contributed by atoms with Gasteiger partial charge in [-0.3, -0.25) is 4.79 Å². The van der Waals surface area contributed by atoms with Crippen LogP contribution in [0.1, 0.15) is 0 Å². The van der Waals surface area contributed by atoms with E-state index in [4.69, 9.17) is 4.42 Å². The number of aromatic nitrogens is 1. The van der Waals surface area contributed by atoms with Gasteiger partial charge in [0.05, 0.1) is 0 Å². The van der Waals surface area contributed by atoms with Gasteiger partial charge in [-0.2, -0.15) is 0 Å². The number of oxazole rings is 1. The molecule has 0 aliphatic heterocycles. The molecule has 1 heterocycles. The average Bonchev–Trinajstić information content (AvgIpc) is 2.40. The Morgan fingerprint density at radius 1 is 1.27 bits per heavy atom. The zero-order valence-electron chi connectivity index (χ0n) is 5.65. The summed E-state index contributed by atoms with van der Waals surface area (Å²) in [7, 11) is 0. The molecule has 0 N–H and O–H groups in total. The minimum atomic E-state index is -0.112. The Hall–Kier alpha value is -1.64. The summed E-state index contributed by atoms with van der Waals surface area (Å²) in [5, 5.41) is 0. The molecule has 0 amide bonds. The molecule has 3 heteroatoms. The molecule has 0 fully saturated rings. The van der Waals surface area contributed by atoms with E-state index >= 15 is 0 Å². The number of hydrogen-bond donors (Lipinski definition) is 0. The zero-order chi connectivity index (χ0) is 7.68. The van der Waals surface area contributed by atoms with Gasteiger partial charge in [-0.15, -0.1) is 0 Å². The first kappa shape index (κ1) is 6.09. The molecule has 0 saturated heterocycles. The van der Waals surface area contributed by atoms with Gasteiger partial charge in [-0.05, 0) is 12.1 Å². The van der Waals surface area contributed by atoms with Crippen LogP contribution < -0.4 is 5.43 Å². The van der Waals surface area contributed by atoms with Crippen molar-refractivity contribution < 1.29 is 4.42 Å². The van der Waals surface area contributed by atoms with Crippen LogP contribution in [0.25, 0.3) is 11.1 Å². The monoisotopic (exact) mass is 147 g/mol. The number of rotatable bonds is 0. The third kappa shape index (κ3) is 0.902. The van der Waals surface area contributed by atoms with E-state index in [0.29, 0.717) is 11.1 Å². The topological polar surface area (TPSA) is 43.1 Å². The number of nitrogens with zero attached hydrogens (tertiary/aromatic N) is 1. The molecule has 1 aromatic carbocycles. The first-order chi connectivity index (χ1) is 5.38. The molecule has 2 rings (SSSR count). The Labute approximate surface area is 62.3 Å². The van der Waals surface area contributed by atoms with Crippen LogP contribution in [0.3, 0.4) is 0 Å². The van der Waals surface area contributed by atoms with Crippen LogP contribution in [0, 0.1) is 0 Å². The smallest absolute Gasteiger partial charge is 0.208 e. The Morgan fingerprint density at radius 3 is 3.00 bits per heavy atom. The predicted octanol–water partition coefficient (Wildman–Crippen LogP) is 1.19. The van der Waals surface area contributed by atoms with E-state index in [0.717, 1.165) is 0 Å². The van der Waals surface area contributed by atoms with Gasteiger partial charge in [0.25, 0.3) is 0 Å². The molecule has 0 spiro atoms. The molecular formula is C8H5NO2. The summed E-state index contributed by atoms with van der Waals surface area (Å²) in [5.74, 6) is 0. The average molecular weight is 147 g/mol. The van der Waals surface area contributed by atoms with Crippen LogP contribution in [0.15, 0.2) is 39.9 Å². The first-order valence-corrected chi connectivity index (χ1v) is 3.20. The predicted molar refractivity (Wildman–Crippen MR) is 40.3 cm³/mol. The normalized spacial score (nSPS) is 10.2. The Kier molecular flexibility index (Phi) is 1.22. The lowest BCUT2D eigenvalue weighted by Gasteiger charge is -1.70. The fourth-order valence-corrected chi connectivity index (χ4v) is 0.923. The second-order valence-electron chi connectivity index (χ2n) is 2.15. The molecule has 54 valence electrons. The summed E-state index contributed by atoms with van der Waals surface area (Å²) >= 11 is 0. The lowest BCUT2D eigenvalue weighted by Crippen LogP contribution is -1.93. The van der Waals surface area contributed by atoms with Crippen molar-refractivity contribution in [2.24, 2.45) is 0 Å². The van der Waals surface area contributed by atoms with Crippen LogP contribution in [0.5, 0.6) is 0 Å². The van der Waals surface area contributed by atoms with Gasteiger partial charge in [0.2, 0.25) is 5.43 Å². The fourth-order valence-electron chi connectivity index (χ4n) is 0.923. The first-order valence-electron chi connectivity index (χ1n) is 3.20. The molecule has 0 radical (unpaired) electrons. The van der Waals surface area contributed by atoms with Gasteiger partial charge < -0.3 is 4.42 Å². The SMILES string of the molecule is O=c1ccccc2ocnc12. The second-order valence-corrected chi connectivity index (χ2v) is 2.15. The highest BCUT2D eigenvalue weighted by Crippen LogP contribution is 2.03. The van der Waals surface area contributed by atoms with Crippen molar-refractivity contribution in [1.82, 2.24) is 4.98 Å². The van der Waals surface area contributed by atoms with Gasteiger partial charge in [0.1, 0.15) is 0 Å². The van der Waals surface area contributed by atoms with Crippen molar-refractivity contribution in [3.63, 3.8) is 0 Å². The highest BCUT2D eigenvalue weighted by Gasteiger charge is 1.97. The van der Waals surface area contributed by atoms with Gasteiger partial charge in [0, 0.05) is 0 Å². The molecule has 0 bridgehead atoms. The number of hydrogen-bond acceptors (Lipinski definition) is 3. The molecular weight excluding hydrogens is 142 g/mol. The highest BCUT2D eigenvalue weighted by molar-refractivity contribution is 5.70. The van der Waals surface area contributed by atoms with Crippen molar-refractivity contribution in [3.05, 3.63) is 40.9 Å². The van der Waals surface area contributed by atoms with E-state index in [1.54, 1.807) is 18.2 Å². The molecule has 1 aromatic heterocycles. The molecule has 0 aliphatic carbocycles. The van der Waals surface area contributed by atoms with Crippen LogP contribution in [-0.2, 0) is 0 Å². The molecule has 0 saturated carbocycles. The highest BCUT2D eigenvalue weighted by atomic mass is 16.3. The van der Waals surface area contributed by atoms with Crippen LogP contribution >= 0.6 is 0 Å². The summed E-state index contributed by atoms with van der Waals surface area (Å²) in [6, 6.07) is 6.59. The molecule has 0 unspecified atom stereocenters. The quantitative estimate of drug-likeness (QED) is 0.562. The largest absolute Gasteiger partial charge is 0.443 e. The van der Waals surface area contributed by atoms with Crippen molar-refractivity contribution in [2.45, 2.75) is 0 Å². The van der Waals surface area contributed by atoms with Crippen molar-refractivity contribution >= 4 is 11.1 Å². The number of fused-ring (bicyclic) bond motifs is 1. The maximum Gasteiger partial charge on any atom is 0.208 e. The minimum Gasteiger partial charge on any atom is -0.443 e. The Morgan fingerprint density at radius 2 is 2.09 bits per heavy atom. The minimum absolute atomic E-state index is 0.112. The summed E-state index contributed by atoms with van der Waals surface area (Å²) in [5.41, 5.74) is 0.800. The molecule has 3 nitrogen and oxygen atoms in total. The van der Waals surface area contributed by atoms with Crippen molar-refractivity contribution in [3.8, 4) is 0 Å². The van der Waals surface area contributed by atoms with E-state index < -0.39 is 0 Å². The molecule has 2 aromatic rings. The third-order valence-electron chi connectivity index (χ3n) is 1.43. The Balaban J connectivity index is 3.09. The van der Waals surface area contributed by atoms with Crippen molar-refractivity contribution in [1.29, 1.82) is 0 Å². The van der Waals surface area contributed by atoms with Crippen LogP contribution in [0.4, 0.5) is 0 Å². The standard InChI is InChI=1S/C8H5NO2/c10-6-3-1-2-4-7-8(6)9-5-11-7/h1-5H. The third-order valence-corrected chi connectivity index (χ3v) is 1.43. The fraction of sp³-hybridized carbons (Fsp3) is 0. The van der Waals surface area contributed by atoms with Gasteiger partial charge in [0.15, 0.2) is 17.5 Å². The summed E-state index contributed by atoms with van der Waals surface area (Å²) < 4.78 is 4.95. The summed E-state index contributed by atoms with van der Waals surface area (Å²) in [6.45, 7) is 0. The van der Waals surface area contributed by atoms with Gasteiger partial charge >= 0.3 is 0 Å². The van der Waals surface area contributed by atoms with E-state index in [1.165, 1.54) is 12.5 Å². The Bertz CT molecular complexity index is 433. The lowest BCUT2D eigenvalue weighted by molar-refractivity contribution is 0.602. The lowest BCUT2D eigenvalue weighted by atomic mass is 10.4. The van der Waals surface area contributed by atoms with E-state index in [-0.39, 0.29) is 5.43 Å². The summed E-state index contributed by atoms with van der Waals surface area (Å²) in [6.07, 6.45) is 1.27.